The Bertz CT molecular complexity index is 384. The Morgan fingerprint density at radius 1 is 1.69 bits per heavy atom. The minimum Gasteiger partial charge on any atom is -0.342 e. The van der Waals surface area contributed by atoms with E-state index < -0.39 is 0 Å². The molecular formula is C7H11N7OS. The molecule has 0 aliphatic rings. The number of nitrogens with one attached hydrogen (secondary N) is 1. The van der Waals surface area contributed by atoms with E-state index in [0.29, 0.717) is 18.2 Å². The number of aromatic nitrogens is 4. The summed E-state index contributed by atoms with van der Waals surface area (Å²) in [5.74, 6) is -0.0547. The topological polar surface area (TPSA) is 123 Å². The van der Waals surface area contributed by atoms with Gasteiger partial charge in [0, 0.05) is 6.54 Å². The lowest BCUT2D eigenvalue weighted by Crippen LogP contribution is -2.25. The van der Waals surface area contributed by atoms with Crippen molar-refractivity contribution in [3.63, 3.8) is 0 Å². The number of nitrogens with zero attached hydrogens (tertiary/aromatic N) is 5. The average Bonchev–Trinajstić information content (AvgIpc) is 2.72. The second kappa shape index (κ2) is 6.76. The number of amides is 1. The fourth-order valence-corrected chi connectivity index (χ4v) is 1.62. The van der Waals surface area contributed by atoms with Crippen LogP contribution in [0.15, 0.2) is 5.16 Å². The van der Waals surface area contributed by atoms with E-state index in [4.69, 9.17) is 11.0 Å². The van der Waals surface area contributed by atoms with Gasteiger partial charge >= 0.3 is 0 Å². The molecule has 0 saturated carbocycles. The van der Waals surface area contributed by atoms with Crippen molar-refractivity contribution < 1.29 is 4.79 Å². The number of hydrogen-bond donors (Lipinski definition) is 2. The Hall–Kier alpha value is -1.66. The minimum atomic E-state index is -0.228. The zero-order valence-corrected chi connectivity index (χ0v) is 9.27. The fraction of sp³-hybridized carbons (Fsp3) is 0.571. The van der Waals surface area contributed by atoms with Crippen LogP contribution in [0.3, 0.4) is 0 Å². The number of tetrazole rings is 1. The Morgan fingerprint density at radius 3 is 3.19 bits per heavy atom. The first-order chi connectivity index (χ1) is 7.77. The molecule has 0 aliphatic heterocycles. The van der Waals surface area contributed by atoms with Crippen LogP contribution >= 0.6 is 11.8 Å². The molecule has 16 heavy (non-hydrogen) atoms. The van der Waals surface area contributed by atoms with Crippen LogP contribution in [0.25, 0.3) is 0 Å². The minimum absolute atomic E-state index is 0.00708. The van der Waals surface area contributed by atoms with E-state index in [9.17, 15) is 4.79 Å². The molecule has 1 amide bonds. The highest BCUT2D eigenvalue weighted by Crippen LogP contribution is 2.12. The number of carbonyl (C=O) groups excluding carboxylic acids is 1. The Balaban J connectivity index is 2.39. The highest BCUT2D eigenvalue weighted by atomic mass is 32.2. The molecule has 0 aliphatic carbocycles. The quantitative estimate of drug-likeness (QED) is 0.452. The third kappa shape index (κ3) is 3.84. The van der Waals surface area contributed by atoms with Crippen LogP contribution in [0, 0.1) is 11.3 Å². The molecule has 0 bridgehead atoms. The summed E-state index contributed by atoms with van der Waals surface area (Å²) in [6, 6.07) is 1.82. The van der Waals surface area contributed by atoms with E-state index in [1.165, 1.54) is 16.4 Å². The smallest absolute Gasteiger partial charge is 0.231 e. The van der Waals surface area contributed by atoms with Crippen molar-refractivity contribution in [2.24, 2.45) is 5.73 Å². The van der Waals surface area contributed by atoms with Gasteiger partial charge in [-0.2, -0.15) is 5.26 Å². The molecule has 0 atom stereocenters. The van der Waals surface area contributed by atoms with Gasteiger partial charge < -0.3 is 11.1 Å². The van der Waals surface area contributed by atoms with Gasteiger partial charge in [0.05, 0.1) is 18.4 Å². The molecular weight excluding hydrogens is 230 g/mol. The summed E-state index contributed by atoms with van der Waals surface area (Å²) in [5.41, 5.74) is 5.37. The van der Waals surface area contributed by atoms with Gasteiger partial charge in [0.2, 0.25) is 11.1 Å². The van der Waals surface area contributed by atoms with Crippen molar-refractivity contribution in [1.82, 2.24) is 25.5 Å². The van der Waals surface area contributed by atoms with Gasteiger partial charge in [0.15, 0.2) is 0 Å². The number of nitriles is 1. The molecule has 1 rings (SSSR count). The zero-order valence-electron chi connectivity index (χ0n) is 8.46. The summed E-state index contributed by atoms with van der Waals surface area (Å²) in [6.45, 7) is 0.946. The lowest BCUT2D eigenvalue weighted by Gasteiger charge is -2.01. The largest absolute Gasteiger partial charge is 0.342 e. The first kappa shape index (κ1) is 12.4. The van der Waals surface area contributed by atoms with Crippen molar-refractivity contribution in [2.75, 3.05) is 18.8 Å². The number of rotatable bonds is 6. The van der Waals surface area contributed by atoms with Gasteiger partial charge in [-0.3, -0.25) is 4.79 Å². The molecule has 0 spiro atoms. The van der Waals surface area contributed by atoms with Crippen LogP contribution in [0.4, 0.5) is 0 Å². The van der Waals surface area contributed by atoms with Gasteiger partial charge in [-0.15, -0.1) is 5.10 Å². The lowest BCUT2D eigenvalue weighted by atomic mass is 10.6. The Morgan fingerprint density at radius 2 is 2.50 bits per heavy atom. The second-order valence-corrected chi connectivity index (χ2v) is 3.64. The lowest BCUT2D eigenvalue weighted by molar-refractivity contribution is -0.118. The van der Waals surface area contributed by atoms with Crippen LogP contribution in [0.1, 0.15) is 0 Å². The Kier molecular flexibility index (Phi) is 5.24. The third-order valence-corrected chi connectivity index (χ3v) is 2.49. The molecule has 8 nitrogen and oxygen atoms in total. The van der Waals surface area contributed by atoms with Crippen LogP contribution in [0.5, 0.6) is 0 Å². The van der Waals surface area contributed by atoms with E-state index in [1.54, 1.807) is 0 Å². The zero-order chi connectivity index (χ0) is 11.8. The van der Waals surface area contributed by atoms with Crippen molar-refractivity contribution in [3.05, 3.63) is 0 Å². The summed E-state index contributed by atoms with van der Waals surface area (Å²) >= 11 is 1.20. The van der Waals surface area contributed by atoms with E-state index in [-0.39, 0.29) is 18.2 Å². The maximum atomic E-state index is 11.2. The van der Waals surface area contributed by atoms with Crippen LogP contribution in [0.2, 0.25) is 0 Å². The monoisotopic (exact) mass is 241 g/mol. The second-order valence-electron chi connectivity index (χ2n) is 2.70. The SMILES string of the molecule is N#CCNC(=O)CSc1nnnn1CCN. The number of nitrogens with two attached hydrogens (primary N) is 1. The highest BCUT2D eigenvalue weighted by molar-refractivity contribution is 7.99. The van der Waals surface area contributed by atoms with Crippen molar-refractivity contribution in [1.29, 1.82) is 5.26 Å². The number of hydrogen-bond acceptors (Lipinski definition) is 7. The van der Waals surface area contributed by atoms with E-state index in [0.717, 1.165) is 0 Å². The van der Waals surface area contributed by atoms with Crippen LogP contribution in [-0.2, 0) is 11.3 Å². The maximum Gasteiger partial charge on any atom is 0.231 e. The molecule has 1 aromatic heterocycles. The summed E-state index contributed by atoms with van der Waals surface area (Å²) in [6.07, 6.45) is 0. The van der Waals surface area contributed by atoms with Gasteiger partial charge in [-0.25, -0.2) is 4.68 Å². The molecule has 0 unspecified atom stereocenters. The number of thioether (sulfide) groups is 1. The molecule has 1 aromatic rings. The Labute approximate surface area is 96.2 Å². The molecule has 0 radical (unpaired) electrons. The van der Waals surface area contributed by atoms with E-state index >= 15 is 0 Å². The molecule has 1 heterocycles. The van der Waals surface area contributed by atoms with Gasteiger partial charge in [0.1, 0.15) is 6.54 Å². The normalized spacial score (nSPS) is 9.75. The van der Waals surface area contributed by atoms with Gasteiger partial charge in [0.25, 0.3) is 0 Å². The molecule has 0 saturated heterocycles. The molecule has 86 valence electrons. The first-order valence-electron chi connectivity index (χ1n) is 4.50. The summed E-state index contributed by atoms with van der Waals surface area (Å²) < 4.78 is 1.53. The van der Waals surface area contributed by atoms with Gasteiger partial charge in [-0.05, 0) is 10.4 Å². The summed E-state index contributed by atoms with van der Waals surface area (Å²) in [5, 5.41) is 22.2. The molecule has 0 aromatic carbocycles. The highest BCUT2D eigenvalue weighted by Gasteiger charge is 2.08. The summed E-state index contributed by atoms with van der Waals surface area (Å²) in [7, 11) is 0. The third-order valence-electron chi connectivity index (χ3n) is 1.54. The predicted molar refractivity (Wildman–Crippen MR) is 56.2 cm³/mol. The number of carbonyl (C=O) groups is 1. The fourth-order valence-electron chi connectivity index (χ4n) is 0.882. The molecule has 9 heteroatoms. The van der Waals surface area contributed by atoms with Crippen molar-refractivity contribution in [3.8, 4) is 6.07 Å². The summed E-state index contributed by atoms with van der Waals surface area (Å²) in [4.78, 5) is 11.2. The van der Waals surface area contributed by atoms with E-state index in [2.05, 4.69) is 20.8 Å². The molecule has 3 N–H and O–H groups in total. The van der Waals surface area contributed by atoms with Gasteiger partial charge in [-0.1, -0.05) is 11.8 Å². The standard InChI is InChI=1S/C7H11N7OS/c8-1-3-10-6(15)5-16-7-11-12-13-14(7)4-2-9/h2-5,9H2,(H,10,15). The van der Waals surface area contributed by atoms with Crippen LogP contribution in [-0.4, -0.2) is 45.0 Å². The predicted octanol–water partition coefficient (Wildman–Crippen LogP) is -1.64. The average molecular weight is 241 g/mol. The van der Waals surface area contributed by atoms with Crippen LogP contribution < -0.4 is 11.1 Å². The maximum absolute atomic E-state index is 11.2. The first-order valence-corrected chi connectivity index (χ1v) is 5.49. The molecule has 0 fully saturated rings. The van der Waals surface area contributed by atoms with Crippen molar-refractivity contribution in [2.45, 2.75) is 11.7 Å². The van der Waals surface area contributed by atoms with E-state index in [1.807, 2.05) is 6.07 Å². The van der Waals surface area contributed by atoms with Crippen molar-refractivity contribution >= 4 is 17.7 Å².